The first-order valence-electron chi connectivity index (χ1n) is 12.1. The zero-order valence-electron chi connectivity index (χ0n) is 20.4. The first-order valence-corrected chi connectivity index (χ1v) is 12.1. The molecule has 2 aromatic carbocycles. The van der Waals surface area contributed by atoms with Crippen LogP contribution >= 0.6 is 0 Å². The molecule has 0 aliphatic carbocycles. The van der Waals surface area contributed by atoms with Gasteiger partial charge in [0.05, 0.1) is 46.9 Å². The van der Waals surface area contributed by atoms with Gasteiger partial charge in [0, 0.05) is 41.8 Å². The van der Waals surface area contributed by atoms with Crippen molar-refractivity contribution in [2.45, 2.75) is 39.5 Å². The van der Waals surface area contributed by atoms with Crippen LogP contribution in [-0.2, 0) is 0 Å². The van der Waals surface area contributed by atoms with Gasteiger partial charge in [0.15, 0.2) is 0 Å². The molecule has 4 heterocycles. The molecule has 0 N–H and O–H groups in total. The molecule has 4 aromatic heterocycles. The summed E-state index contributed by atoms with van der Waals surface area (Å²) in [7, 11) is 0. The third kappa shape index (κ3) is 3.53. The fourth-order valence-corrected chi connectivity index (χ4v) is 4.94. The number of hydrogen-bond donors (Lipinski definition) is 0. The van der Waals surface area contributed by atoms with Gasteiger partial charge in [-0.05, 0) is 53.3 Å². The number of fused-ring (bicyclic) bond motifs is 3. The molecule has 0 unspecified atom stereocenters. The van der Waals surface area contributed by atoms with E-state index in [1.165, 1.54) is 27.4 Å². The van der Waals surface area contributed by atoms with Gasteiger partial charge >= 0.3 is 0 Å². The topological polar surface area (TPSA) is 53.5 Å². The Kier molecular flexibility index (Phi) is 5.02. The highest BCUT2D eigenvalue weighted by molar-refractivity contribution is 6.11. The first kappa shape index (κ1) is 21.4. The molecule has 0 aliphatic heterocycles. The van der Waals surface area contributed by atoms with Crippen LogP contribution < -0.4 is 0 Å². The fourth-order valence-electron chi connectivity index (χ4n) is 4.94. The summed E-state index contributed by atoms with van der Waals surface area (Å²) in [4.78, 5) is 13.1. The smallest absolute Gasteiger partial charge is 0.0991 e. The molecule has 0 saturated carbocycles. The van der Waals surface area contributed by atoms with Crippen molar-refractivity contribution >= 4 is 21.8 Å². The van der Waals surface area contributed by atoms with Crippen LogP contribution in [0.25, 0.3) is 38.9 Å². The second-order valence-corrected chi connectivity index (χ2v) is 9.69. The van der Waals surface area contributed by atoms with Gasteiger partial charge in [-0.2, -0.15) is 0 Å². The number of imidazole rings is 2. The van der Waals surface area contributed by atoms with Gasteiger partial charge in [0.2, 0.25) is 0 Å². The zero-order valence-corrected chi connectivity index (χ0v) is 20.4. The van der Waals surface area contributed by atoms with Crippen molar-refractivity contribution < 1.29 is 0 Å². The summed E-state index contributed by atoms with van der Waals surface area (Å²) < 4.78 is 6.43. The van der Waals surface area contributed by atoms with E-state index in [-0.39, 0.29) is 0 Å². The van der Waals surface area contributed by atoms with E-state index >= 15 is 0 Å². The number of aromatic nitrogens is 6. The van der Waals surface area contributed by atoms with Crippen molar-refractivity contribution in [1.29, 1.82) is 0 Å². The Labute approximate surface area is 204 Å². The molecule has 6 heteroatoms. The van der Waals surface area contributed by atoms with E-state index in [4.69, 9.17) is 0 Å². The van der Waals surface area contributed by atoms with E-state index < -0.39 is 0 Å². The third-order valence-corrected chi connectivity index (χ3v) is 6.76. The van der Waals surface area contributed by atoms with Crippen LogP contribution in [0.4, 0.5) is 0 Å². The van der Waals surface area contributed by atoms with E-state index in [9.17, 15) is 0 Å². The maximum atomic E-state index is 4.52. The normalized spacial score (nSPS) is 11.9. The van der Waals surface area contributed by atoms with Gasteiger partial charge in [-0.3, -0.25) is 4.98 Å². The molecule has 0 fully saturated rings. The molecular formula is C29H28N6. The van der Waals surface area contributed by atoms with Crippen molar-refractivity contribution in [3.05, 3.63) is 97.4 Å². The average Bonchev–Trinajstić information content (AvgIpc) is 3.63. The minimum Gasteiger partial charge on any atom is -0.308 e. The van der Waals surface area contributed by atoms with Crippen molar-refractivity contribution in [2.24, 2.45) is 0 Å². The molecule has 0 radical (unpaired) electrons. The van der Waals surface area contributed by atoms with Crippen LogP contribution in [-0.4, -0.2) is 28.7 Å². The van der Waals surface area contributed by atoms with Gasteiger partial charge in [-0.25, -0.2) is 9.97 Å². The molecule has 0 amide bonds. The van der Waals surface area contributed by atoms with E-state index in [2.05, 4.69) is 83.6 Å². The van der Waals surface area contributed by atoms with E-state index in [0.29, 0.717) is 11.8 Å². The van der Waals surface area contributed by atoms with Crippen LogP contribution in [0.5, 0.6) is 0 Å². The predicted molar refractivity (Wildman–Crippen MR) is 141 cm³/mol. The Bertz CT molecular complexity index is 1580. The van der Waals surface area contributed by atoms with Gasteiger partial charge < -0.3 is 13.7 Å². The molecule has 0 aliphatic rings. The molecule has 6 nitrogen and oxygen atoms in total. The summed E-state index contributed by atoms with van der Waals surface area (Å²) in [6, 6.07) is 13.5. The fraction of sp³-hybridized carbons (Fsp3) is 0.207. The molecule has 0 spiro atoms. The summed E-state index contributed by atoms with van der Waals surface area (Å²) in [6.45, 7) is 9.08. The number of hydrogen-bond acceptors (Lipinski definition) is 3. The SMILES string of the molecule is CC(C)c1cc(C(C)C)c2c3ccncc3n(-c3cc(-n4ccnc4)cc(-n4ccnc4)c3)c2c1. The second kappa shape index (κ2) is 8.24. The summed E-state index contributed by atoms with van der Waals surface area (Å²) >= 11 is 0. The maximum absolute atomic E-state index is 4.52. The average molecular weight is 461 g/mol. The van der Waals surface area contributed by atoms with Gasteiger partial charge in [0.1, 0.15) is 0 Å². The molecule has 6 rings (SSSR count). The molecule has 6 aromatic rings. The lowest BCUT2D eigenvalue weighted by molar-refractivity contribution is 0.841. The second-order valence-electron chi connectivity index (χ2n) is 9.69. The maximum Gasteiger partial charge on any atom is 0.0991 e. The van der Waals surface area contributed by atoms with Crippen molar-refractivity contribution in [3.63, 3.8) is 0 Å². The largest absolute Gasteiger partial charge is 0.308 e. The molecule has 0 bridgehead atoms. The summed E-state index contributed by atoms with van der Waals surface area (Å²) in [5.41, 5.74) is 8.18. The number of nitrogens with zero attached hydrogens (tertiary/aromatic N) is 6. The third-order valence-electron chi connectivity index (χ3n) is 6.76. The van der Waals surface area contributed by atoms with Crippen LogP contribution in [0, 0.1) is 0 Å². The highest BCUT2D eigenvalue weighted by Gasteiger charge is 2.20. The highest BCUT2D eigenvalue weighted by Crippen LogP contribution is 2.39. The van der Waals surface area contributed by atoms with E-state index in [1.54, 1.807) is 12.4 Å². The van der Waals surface area contributed by atoms with E-state index in [1.807, 2.05) is 46.6 Å². The number of pyridine rings is 1. The molecule has 174 valence electrons. The van der Waals surface area contributed by atoms with Crippen LogP contribution in [0.1, 0.15) is 50.7 Å². The van der Waals surface area contributed by atoms with Gasteiger partial charge in [-0.15, -0.1) is 0 Å². The van der Waals surface area contributed by atoms with Gasteiger partial charge in [0.25, 0.3) is 0 Å². The quantitative estimate of drug-likeness (QED) is 0.284. The monoisotopic (exact) mass is 460 g/mol. The summed E-state index contributed by atoms with van der Waals surface area (Å²) in [5, 5.41) is 2.53. The lowest BCUT2D eigenvalue weighted by atomic mass is 9.92. The minimum atomic E-state index is 0.405. The lowest BCUT2D eigenvalue weighted by Crippen LogP contribution is -2.02. The Hall–Kier alpha value is -4.19. The Morgan fingerprint density at radius 3 is 1.89 bits per heavy atom. The number of rotatable bonds is 5. The zero-order chi connectivity index (χ0) is 24.1. The summed E-state index contributed by atoms with van der Waals surface area (Å²) in [6.07, 6.45) is 15.1. The van der Waals surface area contributed by atoms with Gasteiger partial charge in [-0.1, -0.05) is 33.8 Å². The van der Waals surface area contributed by atoms with Crippen molar-refractivity contribution in [1.82, 2.24) is 28.7 Å². The highest BCUT2D eigenvalue weighted by atomic mass is 15.1. The minimum absolute atomic E-state index is 0.405. The first-order chi connectivity index (χ1) is 17.0. The Morgan fingerprint density at radius 1 is 0.657 bits per heavy atom. The van der Waals surface area contributed by atoms with Crippen LogP contribution in [0.2, 0.25) is 0 Å². The van der Waals surface area contributed by atoms with Crippen LogP contribution in [0.15, 0.2) is 86.2 Å². The summed E-state index contributed by atoms with van der Waals surface area (Å²) in [5.74, 6) is 0.836. The molecule has 0 saturated heterocycles. The molecular weight excluding hydrogens is 432 g/mol. The molecule has 0 atom stereocenters. The lowest BCUT2D eigenvalue weighted by Gasteiger charge is -2.16. The number of benzene rings is 2. The predicted octanol–water partition coefficient (Wildman–Crippen LogP) is 6.80. The standard InChI is InChI=1S/C29H28N6/c1-19(2)21-11-26(20(3)4)29-25-5-6-30-16-28(25)35(27(29)12-21)24-14-22(33-9-7-31-17-33)13-23(15-24)34-10-8-32-18-34/h5-20H,1-4H3. The Morgan fingerprint density at radius 2 is 1.31 bits per heavy atom. The Balaban J connectivity index is 1.74. The van der Waals surface area contributed by atoms with Crippen molar-refractivity contribution in [2.75, 3.05) is 0 Å². The van der Waals surface area contributed by atoms with E-state index in [0.717, 1.165) is 22.6 Å². The van der Waals surface area contributed by atoms with Crippen LogP contribution in [0.3, 0.4) is 0 Å². The molecule has 35 heavy (non-hydrogen) atoms. The van der Waals surface area contributed by atoms with Crippen molar-refractivity contribution in [3.8, 4) is 17.1 Å².